The Kier molecular flexibility index (Phi) is 2.61. The molecule has 0 bridgehead atoms. The minimum absolute atomic E-state index is 0.0411. The number of rotatable bonds is 2. The van der Waals surface area contributed by atoms with E-state index in [4.69, 9.17) is 4.42 Å². The molecule has 1 N–H and O–H groups in total. The van der Waals surface area contributed by atoms with Gasteiger partial charge in [0.15, 0.2) is 11.2 Å². The van der Waals surface area contributed by atoms with Gasteiger partial charge < -0.3 is 9.52 Å². The van der Waals surface area contributed by atoms with Crippen LogP contribution in [-0.4, -0.2) is 5.11 Å². The molecule has 2 aromatic rings. The number of phenolic OH excluding ortho intramolecular Hbond substituents is 1. The van der Waals surface area contributed by atoms with Crippen LogP contribution in [0.5, 0.6) is 5.75 Å². The number of fused-ring (bicyclic) bond motifs is 1. The van der Waals surface area contributed by atoms with E-state index in [0.29, 0.717) is 0 Å². The second kappa shape index (κ2) is 3.84. The highest BCUT2D eigenvalue weighted by molar-refractivity contribution is 5.77. The maximum Gasteiger partial charge on any atom is 0.304 e. The minimum Gasteiger partial charge on any atom is -0.508 e. The number of alkyl halides is 2. The Morgan fingerprint density at radius 2 is 2.06 bits per heavy atom. The molecule has 0 radical (unpaired) electrons. The number of hydrogen-bond acceptors (Lipinski definition) is 3. The number of benzene rings is 1. The highest BCUT2D eigenvalue weighted by Crippen LogP contribution is 2.32. The van der Waals surface area contributed by atoms with Gasteiger partial charge in [-0.05, 0) is 12.1 Å². The molecular weight excluding hydrogens is 230 g/mol. The highest BCUT2D eigenvalue weighted by atomic mass is 19.3. The van der Waals surface area contributed by atoms with Crippen molar-refractivity contribution in [3.8, 4) is 5.75 Å². The largest absolute Gasteiger partial charge is 0.508 e. The summed E-state index contributed by atoms with van der Waals surface area (Å²) >= 11 is 0. The van der Waals surface area contributed by atoms with Crippen LogP contribution in [0.25, 0.3) is 11.0 Å². The van der Waals surface area contributed by atoms with Gasteiger partial charge in [0.25, 0.3) is 0 Å². The fourth-order valence-corrected chi connectivity index (χ4v) is 1.50. The molecule has 1 aromatic carbocycles. The van der Waals surface area contributed by atoms with Crippen LogP contribution in [0.2, 0.25) is 0 Å². The lowest BCUT2D eigenvalue weighted by Gasteiger charge is -2.12. The average Bonchev–Trinajstić information content (AvgIpc) is 2.28. The minimum atomic E-state index is -3.18. The van der Waals surface area contributed by atoms with Gasteiger partial charge in [0.1, 0.15) is 11.3 Å². The molecule has 5 heteroatoms. The summed E-state index contributed by atoms with van der Waals surface area (Å²) in [7, 11) is 0. The SMILES string of the molecule is CCC(F)(F)c1cc(=O)c2ccc(O)cc2o1. The molecule has 0 saturated carbocycles. The number of halogens is 2. The molecule has 2 rings (SSSR count). The molecule has 0 aliphatic heterocycles. The van der Waals surface area contributed by atoms with Crippen molar-refractivity contribution in [2.45, 2.75) is 19.3 Å². The van der Waals surface area contributed by atoms with Crippen molar-refractivity contribution in [3.63, 3.8) is 0 Å². The Hall–Kier alpha value is -1.91. The number of hydrogen-bond donors (Lipinski definition) is 1. The molecule has 3 nitrogen and oxygen atoms in total. The van der Waals surface area contributed by atoms with Gasteiger partial charge in [-0.15, -0.1) is 0 Å². The maximum atomic E-state index is 13.4. The van der Waals surface area contributed by atoms with Gasteiger partial charge in [0.2, 0.25) is 0 Å². The molecule has 0 fully saturated rings. The van der Waals surface area contributed by atoms with Crippen LogP contribution in [0.3, 0.4) is 0 Å². The van der Waals surface area contributed by atoms with Crippen LogP contribution in [0, 0.1) is 0 Å². The highest BCUT2D eigenvalue weighted by Gasteiger charge is 2.33. The summed E-state index contributed by atoms with van der Waals surface area (Å²) in [6, 6.07) is 4.58. The van der Waals surface area contributed by atoms with Crippen molar-refractivity contribution in [1.82, 2.24) is 0 Å². The Balaban J connectivity index is 2.74. The summed E-state index contributed by atoms with van der Waals surface area (Å²) in [6.45, 7) is 1.30. The van der Waals surface area contributed by atoms with Crippen LogP contribution in [-0.2, 0) is 5.92 Å². The lowest BCUT2D eigenvalue weighted by Crippen LogP contribution is -2.15. The van der Waals surface area contributed by atoms with Crippen LogP contribution in [0.1, 0.15) is 19.1 Å². The zero-order valence-corrected chi connectivity index (χ0v) is 9.04. The molecule has 0 atom stereocenters. The molecule has 0 aliphatic rings. The van der Waals surface area contributed by atoms with Crippen LogP contribution < -0.4 is 5.43 Å². The number of phenols is 1. The van der Waals surface area contributed by atoms with E-state index in [1.54, 1.807) is 0 Å². The quantitative estimate of drug-likeness (QED) is 0.877. The van der Waals surface area contributed by atoms with E-state index in [9.17, 15) is 18.7 Å². The first-order chi connectivity index (χ1) is 7.94. The second-order valence-electron chi connectivity index (χ2n) is 3.71. The standard InChI is InChI=1S/C12H10F2O3/c1-2-12(13,14)11-6-9(16)8-4-3-7(15)5-10(8)17-11/h3-6,15H,2H2,1H3. The van der Waals surface area contributed by atoms with Crippen molar-refractivity contribution >= 4 is 11.0 Å². The third kappa shape index (κ3) is 2.00. The van der Waals surface area contributed by atoms with Crippen molar-refractivity contribution in [2.75, 3.05) is 0 Å². The van der Waals surface area contributed by atoms with E-state index < -0.39 is 23.5 Å². The zero-order chi connectivity index (χ0) is 12.6. The monoisotopic (exact) mass is 240 g/mol. The second-order valence-corrected chi connectivity index (χ2v) is 3.71. The summed E-state index contributed by atoms with van der Waals surface area (Å²) in [5.41, 5.74) is -0.588. The molecule has 0 saturated heterocycles. The first-order valence-electron chi connectivity index (χ1n) is 5.09. The predicted octanol–water partition coefficient (Wildman–Crippen LogP) is 3.00. The summed E-state index contributed by atoms with van der Waals surface area (Å²) < 4.78 is 31.8. The molecule has 0 unspecified atom stereocenters. The summed E-state index contributed by atoms with van der Waals surface area (Å²) in [4.78, 5) is 11.6. The van der Waals surface area contributed by atoms with E-state index in [1.165, 1.54) is 19.1 Å². The van der Waals surface area contributed by atoms with Gasteiger partial charge in [-0.1, -0.05) is 6.92 Å². The Morgan fingerprint density at radius 3 is 2.71 bits per heavy atom. The van der Waals surface area contributed by atoms with Crippen LogP contribution in [0.15, 0.2) is 33.5 Å². The normalized spacial score (nSPS) is 11.9. The van der Waals surface area contributed by atoms with Gasteiger partial charge in [-0.25, -0.2) is 0 Å². The molecular formula is C12H10F2O3. The third-order valence-electron chi connectivity index (χ3n) is 2.52. The maximum absolute atomic E-state index is 13.4. The van der Waals surface area contributed by atoms with Crippen molar-refractivity contribution in [2.24, 2.45) is 0 Å². The third-order valence-corrected chi connectivity index (χ3v) is 2.52. The first-order valence-corrected chi connectivity index (χ1v) is 5.09. The topological polar surface area (TPSA) is 50.4 Å². The summed E-state index contributed by atoms with van der Waals surface area (Å²) in [5, 5.41) is 9.39. The molecule has 0 spiro atoms. The van der Waals surface area contributed by atoms with Gasteiger partial charge in [-0.2, -0.15) is 8.78 Å². The van der Waals surface area contributed by atoms with Gasteiger partial charge in [0, 0.05) is 18.6 Å². The lowest BCUT2D eigenvalue weighted by molar-refractivity contribution is -0.0292. The number of aromatic hydroxyl groups is 1. The fraction of sp³-hybridized carbons (Fsp3) is 0.250. The fourth-order valence-electron chi connectivity index (χ4n) is 1.50. The molecule has 1 aromatic heterocycles. The summed E-state index contributed by atoms with van der Waals surface area (Å²) in [6.07, 6.45) is -0.458. The Bertz CT molecular complexity index is 617. The van der Waals surface area contributed by atoms with E-state index in [0.717, 1.165) is 12.1 Å². The van der Waals surface area contributed by atoms with Gasteiger partial charge >= 0.3 is 5.92 Å². The van der Waals surface area contributed by atoms with Crippen molar-refractivity contribution in [3.05, 3.63) is 40.2 Å². The summed E-state index contributed by atoms with van der Waals surface area (Å²) in [5.74, 6) is -4.00. The van der Waals surface area contributed by atoms with E-state index in [1.807, 2.05) is 0 Å². The van der Waals surface area contributed by atoms with E-state index in [-0.39, 0.29) is 16.7 Å². The van der Waals surface area contributed by atoms with Gasteiger partial charge in [0.05, 0.1) is 5.39 Å². The van der Waals surface area contributed by atoms with E-state index in [2.05, 4.69) is 0 Å². The van der Waals surface area contributed by atoms with Crippen LogP contribution in [0.4, 0.5) is 8.78 Å². The molecule has 0 aliphatic carbocycles. The Morgan fingerprint density at radius 1 is 1.35 bits per heavy atom. The molecule has 17 heavy (non-hydrogen) atoms. The van der Waals surface area contributed by atoms with Crippen LogP contribution >= 0.6 is 0 Å². The zero-order valence-electron chi connectivity index (χ0n) is 9.04. The van der Waals surface area contributed by atoms with Crippen molar-refractivity contribution < 1.29 is 18.3 Å². The molecule has 0 amide bonds. The smallest absolute Gasteiger partial charge is 0.304 e. The molecule has 90 valence electrons. The molecule has 1 heterocycles. The lowest BCUT2D eigenvalue weighted by atomic mass is 10.1. The average molecular weight is 240 g/mol. The van der Waals surface area contributed by atoms with E-state index >= 15 is 0 Å². The van der Waals surface area contributed by atoms with Crippen molar-refractivity contribution in [1.29, 1.82) is 0 Å². The van der Waals surface area contributed by atoms with Gasteiger partial charge in [-0.3, -0.25) is 4.79 Å². The first kappa shape index (κ1) is 11.6. The Labute approximate surface area is 95.3 Å². The predicted molar refractivity (Wildman–Crippen MR) is 58.3 cm³/mol.